The maximum absolute atomic E-state index is 2.64. The van der Waals surface area contributed by atoms with Gasteiger partial charge in [0.25, 0.3) is 0 Å². The van der Waals surface area contributed by atoms with Gasteiger partial charge in [0.2, 0.25) is 6.71 Å². The second kappa shape index (κ2) is 17.6. The molecule has 12 rings (SSSR count). The van der Waals surface area contributed by atoms with Gasteiger partial charge < -0.3 is 9.80 Å². The summed E-state index contributed by atoms with van der Waals surface area (Å²) in [4.78, 5) is 5.14. The largest absolute Gasteiger partial charge is 0.310 e. The Hall–Kier alpha value is -8.14. The second-order valence-corrected chi connectivity index (χ2v) is 21.7. The fourth-order valence-electron chi connectivity index (χ4n) is 11.9. The number of benzene rings is 10. The van der Waals surface area contributed by atoms with Gasteiger partial charge >= 0.3 is 0 Å². The van der Waals surface area contributed by atoms with Crippen molar-refractivity contribution >= 4 is 57.2 Å². The standard InChI is InChI=1S/C69H59BN2/c1-67(2,3)50-38-42-54(43-39-50)71(55-44-40-51(41-45-55)68(4,5)6)56-46-60-65-64(47-56)72(66-57(48-24-11-7-12-25-48)32-23-33-58(66)49-26-13-8-14-27-49)63-37-22-21-36-62(63)70(65)61-35-20-19-34-59(61)69(60,52-28-15-9-16-29-52)53-30-17-10-18-31-53/h7-47H,1-6H3. The predicted molar refractivity (Wildman–Crippen MR) is 307 cm³/mol. The van der Waals surface area contributed by atoms with Gasteiger partial charge in [0, 0.05) is 39.6 Å². The zero-order valence-corrected chi connectivity index (χ0v) is 42.1. The number of hydrogen-bond acceptors (Lipinski definition) is 2. The summed E-state index contributed by atoms with van der Waals surface area (Å²) < 4.78 is 0. The SMILES string of the molecule is CC(C)(C)c1ccc(N(c2ccc(C(C)(C)C)cc2)c2cc3c4c(c2)C(c2ccccc2)(c2ccccc2)c2ccccc2B4c2ccccc2N3c2c(-c3ccccc3)cccc2-c2ccccc2)cc1. The van der Waals surface area contributed by atoms with Crippen molar-refractivity contribution in [1.29, 1.82) is 0 Å². The second-order valence-electron chi connectivity index (χ2n) is 21.7. The third-order valence-electron chi connectivity index (χ3n) is 15.3. The molecule has 3 heteroatoms. The first-order chi connectivity index (χ1) is 35.0. The molecule has 0 atom stereocenters. The lowest BCUT2D eigenvalue weighted by atomic mass is 9.29. The van der Waals surface area contributed by atoms with E-state index in [1.807, 2.05) is 0 Å². The lowest BCUT2D eigenvalue weighted by Crippen LogP contribution is -2.65. The van der Waals surface area contributed by atoms with Gasteiger partial charge in [-0.3, -0.25) is 0 Å². The van der Waals surface area contributed by atoms with Gasteiger partial charge in [0.1, 0.15) is 0 Å². The first-order valence-corrected chi connectivity index (χ1v) is 25.5. The van der Waals surface area contributed by atoms with Crippen molar-refractivity contribution in [1.82, 2.24) is 0 Å². The highest BCUT2D eigenvalue weighted by atomic mass is 15.2. The van der Waals surface area contributed by atoms with Crippen molar-refractivity contribution in [2.75, 3.05) is 9.80 Å². The average Bonchev–Trinajstić information content (AvgIpc) is 3.41. The van der Waals surface area contributed by atoms with Crippen LogP contribution in [0.15, 0.2) is 249 Å². The highest BCUT2D eigenvalue weighted by molar-refractivity contribution is 6.99. The average molecular weight is 927 g/mol. The Morgan fingerprint density at radius 2 is 0.819 bits per heavy atom. The molecule has 0 saturated carbocycles. The fourth-order valence-corrected chi connectivity index (χ4v) is 11.9. The summed E-state index contributed by atoms with van der Waals surface area (Å²) in [6.07, 6.45) is 0. The van der Waals surface area contributed by atoms with E-state index in [4.69, 9.17) is 0 Å². The molecule has 0 radical (unpaired) electrons. The van der Waals surface area contributed by atoms with E-state index in [2.05, 4.69) is 300 Å². The van der Waals surface area contributed by atoms with Gasteiger partial charge in [-0.25, -0.2) is 0 Å². The third-order valence-corrected chi connectivity index (χ3v) is 15.3. The van der Waals surface area contributed by atoms with Crippen molar-refractivity contribution in [3.8, 4) is 22.3 Å². The zero-order chi connectivity index (χ0) is 49.2. The predicted octanol–water partition coefficient (Wildman–Crippen LogP) is 16.1. The number of anilines is 6. The van der Waals surface area contributed by atoms with Crippen LogP contribution in [0, 0.1) is 0 Å². The molecular weight excluding hydrogens is 868 g/mol. The van der Waals surface area contributed by atoms with Crippen LogP contribution in [0.3, 0.4) is 0 Å². The van der Waals surface area contributed by atoms with Crippen LogP contribution >= 0.6 is 0 Å². The fraction of sp³-hybridized carbons (Fsp3) is 0.130. The minimum atomic E-state index is -0.702. The van der Waals surface area contributed by atoms with Gasteiger partial charge in [-0.05, 0) is 109 Å². The molecule has 10 aromatic rings. The van der Waals surface area contributed by atoms with E-state index in [0.717, 1.165) is 22.7 Å². The summed E-state index contributed by atoms with van der Waals surface area (Å²) in [6.45, 7) is 13.7. The van der Waals surface area contributed by atoms with E-state index in [1.165, 1.54) is 83.4 Å². The van der Waals surface area contributed by atoms with Crippen LogP contribution in [-0.4, -0.2) is 6.71 Å². The molecule has 0 saturated heterocycles. The molecule has 348 valence electrons. The van der Waals surface area contributed by atoms with Gasteiger partial charge in [-0.2, -0.15) is 0 Å². The summed E-state index contributed by atoms with van der Waals surface area (Å²) in [5.41, 5.74) is 22.3. The Kier molecular flexibility index (Phi) is 11.0. The van der Waals surface area contributed by atoms with Crippen molar-refractivity contribution in [3.05, 3.63) is 282 Å². The number of hydrogen-bond donors (Lipinski definition) is 0. The molecular formula is C69H59BN2. The monoisotopic (exact) mass is 926 g/mol. The van der Waals surface area contributed by atoms with Gasteiger partial charge in [0.15, 0.2) is 0 Å². The molecule has 0 aliphatic carbocycles. The Morgan fingerprint density at radius 1 is 0.375 bits per heavy atom. The molecule has 0 fully saturated rings. The molecule has 0 aromatic heterocycles. The molecule has 72 heavy (non-hydrogen) atoms. The molecule has 0 amide bonds. The molecule has 2 aliphatic heterocycles. The number of rotatable bonds is 8. The van der Waals surface area contributed by atoms with E-state index in [9.17, 15) is 0 Å². The number of fused-ring (bicyclic) bond motifs is 4. The van der Waals surface area contributed by atoms with Crippen LogP contribution in [0.5, 0.6) is 0 Å². The van der Waals surface area contributed by atoms with E-state index in [1.54, 1.807) is 0 Å². The van der Waals surface area contributed by atoms with Crippen molar-refractivity contribution in [2.45, 2.75) is 57.8 Å². The van der Waals surface area contributed by atoms with Gasteiger partial charge in [0.05, 0.1) is 11.1 Å². The molecule has 0 unspecified atom stereocenters. The first kappa shape index (κ1) is 45.0. The quantitative estimate of drug-likeness (QED) is 0.140. The number of para-hydroxylation sites is 2. The summed E-state index contributed by atoms with van der Waals surface area (Å²) in [5.74, 6) is 0. The lowest BCUT2D eigenvalue weighted by molar-refractivity contribution is 0.590. The smallest absolute Gasteiger partial charge is 0.247 e. The Labute approximate surface area is 427 Å². The van der Waals surface area contributed by atoms with Crippen molar-refractivity contribution in [3.63, 3.8) is 0 Å². The van der Waals surface area contributed by atoms with E-state index in [-0.39, 0.29) is 17.5 Å². The van der Waals surface area contributed by atoms with Crippen molar-refractivity contribution in [2.24, 2.45) is 0 Å². The Morgan fingerprint density at radius 3 is 1.32 bits per heavy atom. The molecule has 2 heterocycles. The van der Waals surface area contributed by atoms with Crippen LogP contribution < -0.4 is 26.2 Å². The van der Waals surface area contributed by atoms with E-state index >= 15 is 0 Å². The highest BCUT2D eigenvalue weighted by Gasteiger charge is 2.52. The van der Waals surface area contributed by atoms with Crippen LogP contribution in [-0.2, 0) is 16.2 Å². The van der Waals surface area contributed by atoms with Gasteiger partial charge in [-0.15, -0.1) is 0 Å². The Bertz CT molecular complexity index is 3420. The van der Waals surface area contributed by atoms with Crippen molar-refractivity contribution < 1.29 is 0 Å². The van der Waals surface area contributed by atoms with Crippen LogP contribution in [0.4, 0.5) is 34.1 Å². The maximum atomic E-state index is 2.64. The molecule has 2 nitrogen and oxygen atoms in total. The summed E-state index contributed by atoms with van der Waals surface area (Å²) in [7, 11) is 0. The summed E-state index contributed by atoms with van der Waals surface area (Å²) >= 11 is 0. The topological polar surface area (TPSA) is 6.48 Å². The van der Waals surface area contributed by atoms with Crippen LogP contribution in [0.1, 0.15) is 74.9 Å². The van der Waals surface area contributed by atoms with Crippen LogP contribution in [0.2, 0.25) is 0 Å². The van der Waals surface area contributed by atoms with Gasteiger partial charge in [-0.1, -0.05) is 253 Å². The molecule has 0 bridgehead atoms. The highest BCUT2D eigenvalue weighted by Crippen LogP contribution is 2.54. The molecule has 0 N–H and O–H groups in total. The normalized spacial score (nSPS) is 13.5. The first-order valence-electron chi connectivity index (χ1n) is 25.5. The molecule has 10 aromatic carbocycles. The third kappa shape index (κ3) is 7.41. The van der Waals surface area contributed by atoms with E-state index in [0.29, 0.717) is 0 Å². The summed E-state index contributed by atoms with van der Waals surface area (Å²) in [5, 5.41) is 0. The summed E-state index contributed by atoms with van der Waals surface area (Å²) in [6, 6.07) is 93.5. The number of nitrogens with zero attached hydrogens (tertiary/aromatic N) is 2. The maximum Gasteiger partial charge on any atom is 0.247 e. The van der Waals surface area contributed by atoms with E-state index < -0.39 is 5.41 Å². The minimum absolute atomic E-state index is 0.00240. The zero-order valence-electron chi connectivity index (χ0n) is 42.1. The Balaban J connectivity index is 1.27. The van der Waals surface area contributed by atoms with Crippen LogP contribution in [0.25, 0.3) is 22.3 Å². The lowest BCUT2D eigenvalue weighted by Gasteiger charge is -2.49. The molecule has 2 aliphatic rings. The minimum Gasteiger partial charge on any atom is -0.310 e. The molecule has 0 spiro atoms.